The van der Waals surface area contributed by atoms with Gasteiger partial charge in [-0.3, -0.25) is 0 Å². The van der Waals surface area contributed by atoms with Crippen LogP contribution in [0.15, 0.2) is 56.3 Å². The van der Waals surface area contributed by atoms with Crippen molar-refractivity contribution < 1.29 is 8.83 Å². The zero-order valence-electron chi connectivity index (χ0n) is 13.6. The third-order valence-corrected chi connectivity index (χ3v) is 5.77. The Morgan fingerprint density at radius 3 is 2.27 bits per heavy atom. The van der Waals surface area contributed by atoms with Gasteiger partial charge in [-0.1, -0.05) is 23.2 Å². The summed E-state index contributed by atoms with van der Waals surface area (Å²) in [6.45, 7) is 0. The molecule has 126 valence electrons. The molecule has 2 nitrogen and oxygen atoms in total. The summed E-state index contributed by atoms with van der Waals surface area (Å²) in [5, 5.41) is 7.11. The fourth-order valence-electron chi connectivity index (χ4n) is 3.99. The second-order valence-electron chi connectivity index (χ2n) is 6.82. The standard InChI is InChI=1S/C22H12Cl2O2/c23-13-1-3-15-17-5-11-8-20-18(16-4-2-14(24)10-22(16)26-20)6-12(11)7-19(17)25-21(15)9-13/h1,3,5-10H,2,4H2. The lowest BCUT2D eigenvalue weighted by atomic mass is 9.98. The van der Waals surface area contributed by atoms with Gasteiger partial charge < -0.3 is 8.83 Å². The van der Waals surface area contributed by atoms with E-state index in [1.807, 2.05) is 24.3 Å². The molecule has 2 aromatic heterocycles. The number of allylic oxidation sites excluding steroid dienone is 1. The fraction of sp³-hybridized carbons (Fsp3) is 0.0909. The summed E-state index contributed by atoms with van der Waals surface area (Å²) in [5.74, 6) is 0.885. The summed E-state index contributed by atoms with van der Waals surface area (Å²) in [6.07, 6.45) is 3.72. The molecule has 0 atom stereocenters. The third-order valence-electron chi connectivity index (χ3n) is 5.23. The Bertz CT molecular complexity index is 1400. The Morgan fingerprint density at radius 2 is 1.42 bits per heavy atom. The van der Waals surface area contributed by atoms with Gasteiger partial charge in [0.1, 0.15) is 22.5 Å². The third kappa shape index (κ3) is 2.00. The molecule has 0 unspecified atom stereocenters. The monoisotopic (exact) mass is 378 g/mol. The van der Waals surface area contributed by atoms with Crippen molar-refractivity contribution in [2.45, 2.75) is 12.8 Å². The predicted molar refractivity (Wildman–Crippen MR) is 108 cm³/mol. The summed E-state index contributed by atoms with van der Waals surface area (Å²) < 4.78 is 12.1. The first-order chi connectivity index (χ1) is 12.7. The molecule has 0 fully saturated rings. The molecular weight excluding hydrogens is 367 g/mol. The van der Waals surface area contributed by atoms with Crippen LogP contribution >= 0.6 is 23.2 Å². The molecule has 0 saturated carbocycles. The second kappa shape index (κ2) is 5.06. The Hall–Kier alpha value is -2.42. The lowest BCUT2D eigenvalue weighted by molar-refractivity contribution is 0.595. The number of aryl methyl sites for hydroxylation is 1. The normalized spacial score (nSPS) is 14.5. The van der Waals surface area contributed by atoms with Crippen LogP contribution in [0.4, 0.5) is 0 Å². The molecule has 2 heterocycles. The average Bonchev–Trinajstić information content (AvgIpc) is 3.13. The summed E-state index contributed by atoms with van der Waals surface area (Å²) in [6, 6.07) is 14.3. The van der Waals surface area contributed by atoms with E-state index < -0.39 is 0 Å². The van der Waals surface area contributed by atoms with E-state index in [1.54, 1.807) is 0 Å². The average molecular weight is 379 g/mol. The topological polar surface area (TPSA) is 26.3 Å². The van der Waals surface area contributed by atoms with E-state index in [0.29, 0.717) is 5.02 Å². The first-order valence-electron chi connectivity index (χ1n) is 8.53. The highest BCUT2D eigenvalue weighted by atomic mass is 35.5. The Labute approximate surface area is 158 Å². The molecule has 1 aliphatic rings. The predicted octanol–water partition coefficient (Wildman–Crippen LogP) is 7.66. The number of fused-ring (bicyclic) bond motifs is 7. The van der Waals surface area contributed by atoms with E-state index in [-0.39, 0.29) is 0 Å². The molecule has 0 saturated heterocycles. The van der Waals surface area contributed by atoms with Crippen molar-refractivity contribution in [1.29, 1.82) is 0 Å². The van der Waals surface area contributed by atoms with Gasteiger partial charge in [-0.15, -0.1) is 0 Å². The number of hydrogen-bond donors (Lipinski definition) is 0. The van der Waals surface area contributed by atoms with Gasteiger partial charge in [0.05, 0.1) is 0 Å². The lowest BCUT2D eigenvalue weighted by Gasteiger charge is -2.06. The van der Waals surface area contributed by atoms with Crippen LogP contribution in [-0.2, 0) is 6.42 Å². The zero-order chi connectivity index (χ0) is 17.4. The Balaban J connectivity index is 1.69. The van der Waals surface area contributed by atoms with Crippen molar-refractivity contribution in [3.63, 3.8) is 0 Å². The molecule has 0 aliphatic heterocycles. The van der Waals surface area contributed by atoms with Gasteiger partial charge in [-0.25, -0.2) is 0 Å². The highest BCUT2D eigenvalue weighted by molar-refractivity contribution is 6.32. The van der Waals surface area contributed by atoms with Crippen molar-refractivity contribution in [3.8, 4) is 0 Å². The molecule has 0 bridgehead atoms. The van der Waals surface area contributed by atoms with E-state index >= 15 is 0 Å². The summed E-state index contributed by atoms with van der Waals surface area (Å²) >= 11 is 12.3. The molecule has 0 amide bonds. The Kier molecular flexibility index (Phi) is 2.87. The van der Waals surface area contributed by atoms with E-state index in [9.17, 15) is 0 Å². The van der Waals surface area contributed by atoms with Crippen LogP contribution in [0.1, 0.15) is 17.7 Å². The van der Waals surface area contributed by atoms with Gasteiger partial charge in [0.2, 0.25) is 0 Å². The number of benzene rings is 3. The highest BCUT2D eigenvalue weighted by Crippen LogP contribution is 2.39. The first-order valence-corrected chi connectivity index (χ1v) is 9.28. The van der Waals surface area contributed by atoms with E-state index in [1.165, 1.54) is 5.56 Å². The van der Waals surface area contributed by atoms with E-state index in [0.717, 1.165) is 67.3 Å². The number of furan rings is 2. The van der Waals surface area contributed by atoms with Crippen molar-refractivity contribution in [2.24, 2.45) is 0 Å². The highest BCUT2D eigenvalue weighted by Gasteiger charge is 2.18. The maximum atomic E-state index is 6.18. The molecule has 26 heavy (non-hydrogen) atoms. The van der Waals surface area contributed by atoms with Crippen molar-refractivity contribution in [3.05, 3.63) is 63.8 Å². The van der Waals surface area contributed by atoms with Gasteiger partial charge in [0.25, 0.3) is 0 Å². The van der Waals surface area contributed by atoms with Crippen molar-refractivity contribution in [1.82, 2.24) is 0 Å². The minimum absolute atomic E-state index is 0.678. The van der Waals surface area contributed by atoms with Gasteiger partial charge in [0.15, 0.2) is 0 Å². The second-order valence-corrected chi connectivity index (χ2v) is 7.74. The molecular formula is C22H12Cl2O2. The van der Waals surface area contributed by atoms with E-state index in [4.69, 9.17) is 32.0 Å². The Morgan fingerprint density at radius 1 is 0.692 bits per heavy atom. The maximum Gasteiger partial charge on any atom is 0.136 e. The number of rotatable bonds is 0. The largest absolute Gasteiger partial charge is 0.456 e. The van der Waals surface area contributed by atoms with Crippen molar-refractivity contribution in [2.75, 3.05) is 0 Å². The van der Waals surface area contributed by atoms with Gasteiger partial charge in [0, 0.05) is 37.8 Å². The molecule has 4 heteroatoms. The first kappa shape index (κ1) is 14.7. The van der Waals surface area contributed by atoms with Crippen molar-refractivity contribution >= 4 is 73.0 Å². The maximum absolute atomic E-state index is 6.18. The van der Waals surface area contributed by atoms with Crippen LogP contribution in [-0.4, -0.2) is 0 Å². The van der Waals surface area contributed by atoms with Crippen LogP contribution in [0, 0.1) is 0 Å². The summed E-state index contributed by atoms with van der Waals surface area (Å²) in [5.41, 5.74) is 3.82. The van der Waals surface area contributed by atoms with Gasteiger partial charge >= 0.3 is 0 Å². The van der Waals surface area contributed by atoms with Crippen LogP contribution in [0.25, 0.3) is 49.8 Å². The minimum Gasteiger partial charge on any atom is -0.456 e. The number of hydrogen-bond acceptors (Lipinski definition) is 2. The van der Waals surface area contributed by atoms with E-state index in [2.05, 4.69) is 24.3 Å². The fourth-order valence-corrected chi connectivity index (χ4v) is 4.35. The van der Waals surface area contributed by atoms with Gasteiger partial charge in [-0.05, 0) is 66.1 Å². The SMILES string of the molecule is ClC1=Cc2oc3cc4cc5c(cc4cc3c2CC1)oc1cc(Cl)ccc15. The van der Waals surface area contributed by atoms with Crippen LogP contribution < -0.4 is 0 Å². The van der Waals surface area contributed by atoms with Crippen LogP contribution in [0.5, 0.6) is 0 Å². The lowest BCUT2D eigenvalue weighted by Crippen LogP contribution is -1.92. The van der Waals surface area contributed by atoms with Crippen LogP contribution in [0.3, 0.4) is 0 Å². The molecule has 5 aromatic rings. The zero-order valence-corrected chi connectivity index (χ0v) is 15.1. The molecule has 0 spiro atoms. The summed E-state index contributed by atoms with van der Waals surface area (Å²) in [4.78, 5) is 0. The quantitative estimate of drug-likeness (QED) is 0.276. The van der Waals surface area contributed by atoms with Crippen LogP contribution in [0.2, 0.25) is 5.02 Å². The summed E-state index contributed by atoms with van der Waals surface area (Å²) in [7, 11) is 0. The molecule has 0 radical (unpaired) electrons. The van der Waals surface area contributed by atoms with Gasteiger partial charge in [-0.2, -0.15) is 0 Å². The minimum atomic E-state index is 0.678. The molecule has 3 aromatic carbocycles. The molecule has 6 rings (SSSR count). The number of halogens is 2. The molecule has 0 N–H and O–H groups in total. The molecule has 1 aliphatic carbocycles. The smallest absolute Gasteiger partial charge is 0.136 e.